The van der Waals surface area contributed by atoms with Crippen molar-refractivity contribution in [1.82, 2.24) is 19.9 Å². The SMILES string of the molecule is O=C(O)c1ccc(-c2c3nc(cc4ccc([nH]4)c(-c4ccccc4)c4nc(cc5ccc2[nH]5)C=C4)C=C3)cc1. The van der Waals surface area contributed by atoms with Crippen LogP contribution in [0.3, 0.4) is 0 Å². The molecule has 3 N–H and O–H groups in total. The number of H-pyrrole nitrogens is 2. The van der Waals surface area contributed by atoms with Gasteiger partial charge in [-0.1, -0.05) is 42.5 Å². The van der Waals surface area contributed by atoms with E-state index in [4.69, 9.17) is 9.97 Å². The third kappa shape index (κ3) is 4.24. The molecule has 0 unspecified atom stereocenters. The number of rotatable bonds is 3. The van der Waals surface area contributed by atoms with Crippen molar-refractivity contribution in [3.8, 4) is 22.3 Å². The minimum atomic E-state index is -0.954. The Hall–Kier alpha value is -5.49. The predicted octanol–water partition coefficient (Wildman–Crippen LogP) is 7.69. The Labute approximate surface area is 223 Å². The summed E-state index contributed by atoms with van der Waals surface area (Å²) >= 11 is 0. The molecule has 5 aromatic rings. The number of nitrogens with one attached hydrogen (secondary N) is 2. The monoisotopic (exact) mass is 506 g/mol. The number of aromatic amines is 2. The molecule has 0 saturated carbocycles. The second-order valence-electron chi connectivity index (χ2n) is 9.45. The van der Waals surface area contributed by atoms with Gasteiger partial charge in [0.2, 0.25) is 0 Å². The minimum absolute atomic E-state index is 0.241. The van der Waals surface area contributed by atoms with Crippen molar-refractivity contribution in [2.75, 3.05) is 0 Å². The third-order valence-corrected chi connectivity index (χ3v) is 6.88. The van der Waals surface area contributed by atoms with Gasteiger partial charge in [-0.25, -0.2) is 14.8 Å². The number of carboxylic acids is 1. The van der Waals surface area contributed by atoms with Crippen LogP contribution >= 0.6 is 0 Å². The van der Waals surface area contributed by atoms with E-state index in [1.165, 1.54) is 0 Å². The molecule has 6 nitrogen and oxygen atoms in total. The van der Waals surface area contributed by atoms with E-state index in [-0.39, 0.29) is 5.56 Å². The molecule has 6 heteroatoms. The normalized spacial score (nSPS) is 12.1. The lowest BCUT2D eigenvalue weighted by Gasteiger charge is -2.04. The summed E-state index contributed by atoms with van der Waals surface area (Å²) in [7, 11) is 0. The Morgan fingerprint density at radius 1 is 0.590 bits per heavy atom. The van der Waals surface area contributed by atoms with Gasteiger partial charge in [-0.15, -0.1) is 0 Å². The molecule has 186 valence electrons. The Kier molecular flexibility index (Phi) is 5.30. The zero-order chi connectivity index (χ0) is 26.3. The number of benzene rings is 2. The topological polar surface area (TPSA) is 94.7 Å². The number of fused-ring (bicyclic) bond motifs is 8. The molecule has 2 aliphatic rings. The van der Waals surface area contributed by atoms with E-state index in [0.29, 0.717) is 0 Å². The Morgan fingerprint density at radius 3 is 1.62 bits per heavy atom. The van der Waals surface area contributed by atoms with Crippen LogP contribution in [0.5, 0.6) is 0 Å². The average molecular weight is 507 g/mol. The van der Waals surface area contributed by atoms with Crippen LogP contribution in [0.2, 0.25) is 0 Å². The van der Waals surface area contributed by atoms with Gasteiger partial charge in [0.05, 0.1) is 28.3 Å². The predicted molar refractivity (Wildman–Crippen MR) is 157 cm³/mol. The second kappa shape index (κ2) is 9.11. The largest absolute Gasteiger partial charge is 0.478 e. The van der Waals surface area contributed by atoms with Crippen LogP contribution < -0.4 is 0 Å². The summed E-state index contributed by atoms with van der Waals surface area (Å²) in [6.45, 7) is 0. The first kappa shape index (κ1) is 22.7. The molecule has 3 aromatic heterocycles. The molecule has 0 atom stereocenters. The first-order valence-corrected chi connectivity index (χ1v) is 12.6. The zero-order valence-electron chi connectivity index (χ0n) is 20.7. The van der Waals surface area contributed by atoms with Crippen LogP contribution in [0.15, 0.2) is 91.0 Å². The maximum absolute atomic E-state index is 11.4. The first-order chi connectivity index (χ1) is 19.1. The summed E-state index contributed by atoms with van der Waals surface area (Å²) in [6, 6.07) is 29.3. The van der Waals surface area contributed by atoms with Crippen LogP contribution in [0, 0.1) is 0 Å². The molecule has 0 saturated heterocycles. The van der Waals surface area contributed by atoms with Gasteiger partial charge in [0.25, 0.3) is 0 Å². The van der Waals surface area contributed by atoms with Crippen molar-refractivity contribution in [2.24, 2.45) is 0 Å². The first-order valence-electron chi connectivity index (χ1n) is 12.6. The highest BCUT2D eigenvalue weighted by Crippen LogP contribution is 2.32. The van der Waals surface area contributed by atoms with Gasteiger partial charge < -0.3 is 15.1 Å². The molecule has 0 fully saturated rings. The maximum atomic E-state index is 11.4. The zero-order valence-corrected chi connectivity index (χ0v) is 20.7. The maximum Gasteiger partial charge on any atom is 0.335 e. The van der Waals surface area contributed by atoms with Gasteiger partial charge >= 0.3 is 5.97 Å². The second-order valence-corrected chi connectivity index (χ2v) is 9.45. The lowest BCUT2D eigenvalue weighted by molar-refractivity contribution is 0.0697. The lowest BCUT2D eigenvalue weighted by atomic mass is 10.0. The Balaban J connectivity index is 1.54. The number of hydrogen-bond donors (Lipinski definition) is 3. The minimum Gasteiger partial charge on any atom is -0.478 e. The highest BCUT2D eigenvalue weighted by molar-refractivity contribution is 5.94. The van der Waals surface area contributed by atoms with Gasteiger partial charge in [0, 0.05) is 33.2 Å². The van der Waals surface area contributed by atoms with E-state index >= 15 is 0 Å². The molecular formula is C33H22N4O2. The molecule has 0 radical (unpaired) electrons. The van der Waals surface area contributed by atoms with Crippen LogP contribution in [-0.4, -0.2) is 31.0 Å². The Bertz CT molecular complexity index is 1980. The molecule has 0 aliphatic carbocycles. The molecule has 8 bridgehead atoms. The Morgan fingerprint density at radius 2 is 1.10 bits per heavy atom. The van der Waals surface area contributed by atoms with E-state index < -0.39 is 5.97 Å². The van der Waals surface area contributed by atoms with Crippen LogP contribution in [0.4, 0.5) is 0 Å². The fourth-order valence-corrected chi connectivity index (χ4v) is 5.06. The van der Waals surface area contributed by atoms with E-state index in [2.05, 4.69) is 28.2 Å². The summed E-state index contributed by atoms with van der Waals surface area (Å²) < 4.78 is 0. The van der Waals surface area contributed by atoms with Gasteiger partial charge in [-0.05, 0) is 84.0 Å². The number of aromatic nitrogens is 4. The lowest BCUT2D eigenvalue weighted by Crippen LogP contribution is -1.95. The van der Waals surface area contributed by atoms with E-state index in [1.807, 2.05) is 85.0 Å². The molecule has 0 spiro atoms. The molecule has 39 heavy (non-hydrogen) atoms. The van der Waals surface area contributed by atoms with Crippen molar-refractivity contribution >= 4 is 52.3 Å². The van der Waals surface area contributed by atoms with Crippen LogP contribution in [0.25, 0.3) is 68.6 Å². The summed E-state index contributed by atoms with van der Waals surface area (Å²) in [6.07, 6.45) is 8.05. The van der Waals surface area contributed by atoms with Gasteiger partial charge in [-0.3, -0.25) is 0 Å². The highest BCUT2D eigenvalue weighted by atomic mass is 16.4. The van der Waals surface area contributed by atoms with Crippen molar-refractivity contribution in [1.29, 1.82) is 0 Å². The van der Waals surface area contributed by atoms with E-state index in [1.54, 1.807) is 12.1 Å². The molecule has 7 rings (SSSR count). The summed E-state index contributed by atoms with van der Waals surface area (Å²) in [4.78, 5) is 28.4. The van der Waals surface area contributed by atoms with Crippen LogP contribution in [-0.2, 0) is 0 Å². The average Bonchev–Trinajstić information content (AvgIpc) is 3.76. The fourth-order valence-electron chi connectivity index (χ4n) is 5.06. The molecule has 0 amide bonds. The number of hydrogen-bond acceptors (Lipinski definition) is 3. The molecule has 5 heterocycles. The third-order valence-electron chi connectivity index (χ3n) is 6.88. The van der Waals surface area contributed by atoms with Crippen molar-refractivity contribution in [3.05, 3.63) is 119 Å². The van der Waals surface area contributed by atoms with Gasteiger partial charge in [-0.2, -0.15) is 0 Å². The smallest absolute Gasteiger partial charge is 0.335 e. The van der Waals surface area contributed by atoms with E-state index in [0.717, 1.165) is 67.1 Å². The number of carbonyl (C=O) groups is 1. The fraction of sp³-hybridized carbons (Fsp3) is 0. The molecule has 2 aliphatic heterocycles. The van der Waals surface area contributed by atoms with Crippen molar-refractivity contribution in [2.45, 2.75) is 0 Å². The number of carboxylic acid groups (broad SMARTS) is 1. The number of nitrogens with zero attached hydrogens (tertiary/aromatic N) is 2. The quantitative estimate of drug-likeness (QED) is 0.229. The van der Waals surface area contributed by atoms with Crippen molar-refractivity contribution < 1.29 is 9.90 Å². The van der Waals surface area contributed by atoms with Gasteiger partial charge in [0.1, 0.15) is 0 Å². The highest BCUT2D eigenvalue weighted by Gasteiger charge is 2.13. The standard InChI is InChI=1S/C33H22N4O2/c38-33(39)22-8-6-21(7-9-22)32-29-16-12-25(36-29)18-23-10-14-27(34-23)31(20-4-2-1-3-5-20)28-15-11-24(35-28)19-26-13-17-30(32)37-26/h1-19,34,37H,(H,38,39). The molecular weight excluding hydrogens is 484 g/mol. The summed E-state index contributed by atoms with van der Waals surface area (Å²) in [5.41, 5.74) is 11.2. The van der Waals surface area contributed by atoms with Crippen molar-refractivity contribution in [3.63, 3.8) is 0 Å². The molecule has 2 aromatic carbocycles. The summed E-state index contributed by atoms with van der Waals surface area (Å²) in [5.74, 6) is -0.954. The summed E-state index contributed by atoms with van der Waals surface area (Å²) in [5, 5.41) is 9.36. The van der Waals surface area contributed by atoms with Crippen LogP contribution in [0.1, 0.15) is 33.1 Å². The van der Waals surface area contributed by atoms with Gasteiger partial charge in [0.15, 0.2) is 0 Å². The van der Waals surface area contributed by atoms with E-state index in [9.17, 15) is 9.90 Å². The number of aromatic carboxylic acids is 1.